The Morgan fingerprint density at radius 1 is 1.44 bits per heavy atom. The Morgan fingerprint density at radius 3 is 2.78 bits per heavy atom. The molecular weight excluding hydrogens is 252 g/mol. The molecule has 3 N–H and O–H groups in total. The summed E-state index contributed by atoms with van der Waals surface area (Å²) in [5.41, 5.74) is -0.269. The lowest BCUT2D eigenvalue weighted by atomic mass is 10.0. The van der Waals surface area contributed by atoms with Crippen molar-refractivity contribution in [3.05, 3.63) is 11.2 Å². The minimum Gasteiger partial charge on any atom is -0.396 e. The van der Waals surface area contributed by atoms with Crippen molar-refractivity contribution in [2.24, 2.45) is 0 Å². The van der Waals surface area contributed by atoms with Crippen molar-refractivity contribution in [1.29, 1.82) is 0 Å². The lowest BCUT2D eigenvalue weighted by Crippen LogP contribution is -2.32. The van der Waals surface area contributed by atoms with E-state index >= 15 is 0 Å². The molecule has 0 aliphatic heterocycles. The fourth-order valence-corrected chi connectivity index (χ4v) is 1.58. The molecule has 0 saturated heterocycles. The van der Waals surface area contributed by atoms with Crippen LogP contribution in [0.4, 0.5) is 11.8 Å². The Balaban J connectivity index is 2.80. The van der Waals surface area contributed by atoms with Crippen molar-refractivity contribution < 1.29 is 5.11 Å². The smallest absolute Gasteiger partial charge is 0.224 e. The second kappa shape index (κ2) is 6.75. The van der Waals surface area contributed by atoms with Gasteiger partial charge in [-0.25, -0.2) is 4.98 Å². The Kier molecular flexibility index (Phi) is 5.62. The number of nitrogens with one attached hydrogen (secondary N) is 2. The third kappa shape index (κ3) is 4.66. The second-order valence-corrected chi connectivity index (χ2v) is 5.21. The summed E-state index contributed by atoms with van der Waals surface area (Å²) in [7, 11) is 0. The summed E-state index contributed by atoms with van der Waals surface area (Å²) in [6.45, 7) is 6.98. The van der Waals surface area contributed by atoms with Gasteiger partial charge in [-0.3, -0.25) is 0 Å². The van der Waals surface area contributed by atoms with Gasteiger partial charge >= 0.3 is 0 Å². The van der Waals surface area contributed by atoms with E-state index in [-0.39, 0.29) is 12.1 Å². The second-order valence-electron chi connectivity index (χ2n) is 4.80. The molecule has 0 aromatic carbocycles. The van der Waals surface area contributed by atoms with Gasteiger partial charge in [-0.15, -0.1) is 0 Å². The third-order valence-electron chi connectivity index (χ3n) is 2.47. The lowest BCUT2D eigenvalue weighted by molar-refractivity contribution is 0.260. The maximum absolute atomic E-state index is 9.00. The zero-order valence-electron chi connectivity index (χ0n) is 11.1. The van der Waals surface area contributed by atoms with Gasteiger partial charge in [0.2, 0.25) is 5.95 Å². The van der Waals surface area contributed by atoms with E-state index < -0.39 is 0 Å². The predicted octanol–water partition coefficient (Wildman–Crippen LogP) is 2.52. The molecule has 1 rings (SSSR count). The summed E-state index contributed by atoms with van der Waals surface area (Å²) in [5.74, 6) is 1.15. The highest BCUT2D eigenvalue weighted by Gasteiger charge is 2.19. The van der Waals surface area contributed by atoms with Crippen LogP contribution in [0.3, 0.4) is 0 Å². The molecule has 0 fully saturated rings. The van der Waals surface area contributed by atoms with E-state index in [2.05, 4.69) is 27.5 Å². The van der Waals surface area contributed by atoms with Crippen LogP contribution >= 0.6 is 11.6 Å². The zero-order valence-corrected chi connectivity index (χ0v) is 11.9. The average Bonchev–Trinajstić information content (AvgIpc) is 2.29. The maximum Gasteiger partial charge on any atom is 0.224 e. The van der Waals surface area contributed by atoms with Crippen molar-refractivity contribution in [1.82, 2.24) is 9.97 Å². The Labute approximate surface area is 113 Å². The highest BCUT2D eigenvalue weighted by atomic mass is 35.5. The number of anilines is 2. The maximum atomic E-state index is 9.00. The minimum absolute atomic E-state index is 0.115. The third-order valence-corrected chi connectivity index (χ3v) is 2.75. The fraction of sp³-hybridized carbons (Fsp3) is 0.667. The molecule has 0 aliphatic carbocycles. The van der Waals surface area contributed by atoms with E-state index in [9.17, 15) is 0 Å². The number of rotatable bonds is 7. The van der Waals surface area contributed by atoms with Gasteiger partial charge < -0.3 is 15.7 Å². The average molecular weight is 273 g/mol. The molecule has 0 saturated carbocycles. The molecule has 18 heavy (non-hydrogen) atoms. The number of nitrogens with zero attached hydrogens (tertiary/aromatic N) is 2. The van der Waals surface area contributed by atoms with Crippen LogP contribution in [-0.4, -0.2) is 33.8 Å². The van der Waals surface area contributed by atoms with Gasteiger partial charge in [-0.2, -0.15) is 4.98 Å². The van der Waals surface area contributed by atoms with Crippen LogP contribution in [0.25, 0.3) is 0 Å². The zero-order chi connectivity index (χ0) is 13.6. The van der Waals surface area contributed by atoms with Crippen molar-refractivity contribution >= 4 is 23.4 Å². The molecule has 1 aromatic rings. The minimum atomic E-state index is -0.269. The topological polar surface area (TPSA) is 70.1 Å². The molecule has 5 nitrogen and oxygen atoms in total. The SMILES string of the molecule is CCCNc1ncc(Cl)c(NC(C)(C)CCO)n1. The van der Waals surface area contributed by atoms with Gasteiger partial charge in [0.1, 0.15) is 5.02 Å². The number of hydrogen-bond acceptors (Lipinski definition) is 5. The van der Waals surface area contributed by atoms with Crippen molar-refractivity contribution in [2.45, 2.75) is 39.2 Å². The summed E-state index contributed by atoms with van der Waals surface area (Å²) in [6, 6.07) is 0. The summed E-state index contributed by atoms with van der Waals surface area (Å²) in [4.78, 5) is 8.44. The Morgan fingerprint density at radius 2 is 2.17 bits per heavy atom. The van der Waals surface area contributed by atoms with Crippen LogP contribution in [-0.2, 0) is 0 Å². The molecule has 6 heteroatoms. The van der Waals surface area contributed by atoms with E-state index in [1.165, 1.54) is 0 Å². The van der Waals surface area contributed by atoms with E-state index in [0.717, 1.165) is 13.0 Å². The molecule has 102 valence electrons. The number of aromatic nitrogens is 2. The highest BCUT2D eigenvalue weighted by Crippen LogP contribution is 2.24. The normalized spacial score (nSPS) is 11.4. The first kappa shape index (κ1) is 15.0. The fourth-order valence-electron chi connectivity index (χ4n) is 1.44. The van der Waals surface area contributed by atoms with E-state index in [1.807, 2.05) is 13.8 Å². The van der Waals surface area contributed by atoms with E-state index in [4.69, 9.17) is 16.7 Å². The molecule has 0 radical (unpaired) electrons. The Hall–Kier alpha value is -1.07. The van der Waals surface area contributed by atoms with Gasteiger partial charge in [-0.05, 0) is 26.7 Å². The number of hydrogen-bond donors (Lipinski definition) is 3. The van der Waals surface area contributed by atoms with Gasteiger partial charge in [0.25, 0.3) is 0 Å². The molecule has 1 aromatic heterocycles. The van der Waals surface area contributed by atoms with Gasteiger partial charge in [0.15, 0.2) is 5.82 Å². The molecule has 1 heterocycles. The molecule has 0 spiro atoms. The number of aliphatic hydroxyl groups is 1. The number of aliphatic hydroxyl groups excluding tert-OH is 1. The summed E-state index contributed by atoms with van der Waals surface area (Å²) in [5, 5.41) is 15.8. The van der Waals surface area contributed by atoms with Crippen LogP contribution < -0.4 is 10.6 Å². The first-order chi connectivity index (χ1) is 8.48. The summed E-state index contributed by atoms with van der Waals surface area (Å²) < 4.78 is 0. The van der Waals surface area contributed by atoms with Crippen molar-refractivity contribution in [3.8, 4) is 0 Å². The van der Waals surface area contributed by atoms with Gasteiger partial charge in [0, 0.05) is 18.7 Å². The quantitative estimate of drug-likeness (QED) is 0.712. The first-order valence-corrected chi connectivity index (χ1v) is 6.52. The Bertz CT molecular complexity index is 384. The molecule has 0 unspecified atom stereocenters. The summed E-state index contributed by atoms with van der Waals surface area (Å²) in [6.07, 6.45) is 3.19. The molecule has 0 aliphatic rings. The molecule has 0 atom stereocenters. The molecule has 0 bridgehead atoms. The van der Waals surface area contributed by atoms with Gasteiger partial charge in [0.05, 0.1) is 6.20 Å². The van der Waals surface area contributed by atoms with Crippen molar-refractivity contribution in [3.63, 3.8) is 0 Å². The van der Waals surface area contributed by atoms with E-state index in [0.29, 0.717) is 23.2 Å². The monoisotopic (exact) mass is 272 g/mol. The lowest BCUT2D eigenvalue weighted by Gasteiger charge is -2.26. The van der Waals surface area contributed by atoms with Crippen molar-refractivity contribution in [2.75, 3.05) is 23.8 Å². The van der Waals surface area contributed by atoms with Crippen LogP contribution in [0.5, 0.6) is 0 Å². The van der Waals surface area contributed by atoms with Crippen LogP contribution in [0.2, 0.25) is 5.02 Å². The predicted molar refractivity (Wildman–Crippen MR) is 75.2 cm³/mol. The van der Waals surface area contributed by atoms with E-state index in [1.54, 1.807) is 6.20 Å². The first-order valence-electron chi connectivity index (χ1n) is 6.14. The van der Waals surface area contributed by atoms with Crippen LogP contribution in [0.15, 0.2) is 6.20 Å². The van der Waals surface area contributed by atoms with Gasteiger partial charge in [-0.1, -0.05) is 18.5 Å². The molecular formula is C12H21ClN4O. The standard InChI is InChI=1S/C12H21ClN4O/c1-4-6-14-11-15-8-9(13)10(16-11)17-12(2,3)5-7-18/h8,18H,4-7H2,1-3H3,(H2,14,15,16,17). The molecule has 0 amide bonds. The highest BCUT2D eigenvalue weighted by molar-refractivity contribution is 6.32. The number of halogens is 1. The van der Waals surface area contributed by atoms with Crippen LogP contribution in [0.1, 0.15) is 33.6 Å². The summed E-state index contributed by atoms with van der Waals surface area (Å²) >= 11 is 6.06. The largest absolute Gasteiger partial charge is 0.396 e. The van der Waals surface area contributed by atoms with Crippen LogP contribution in [0, 0.1) is 0 Å².